The quantitative estimate of drug-likeness (QED) is 0.0262. The molecule has 6 heteroatoms. The summed E-state index contributed by atoms with van der Waals surface area (Å²) in [5.41, 5.74) is 0. The minimum Gasteiger partial charge on any atom is -0.462 e. The Kier molecular flexibility index (Phi) is 50.6. The van der Waals surface area contributed by atoms with Crippen molar-refractivity contribution in [3.8, 4) is 0 Å². The molecular formula is C62H94O6. The van der Waals surface area contributed by atoms with Gasteiger partial charge in [0, 0.05) is 19.3 Å². The number of rotatable bonds is 45. The summed E-state index contributed by atoms with van der Waals surface area (Å²) < 4.78 is 16.8. The smallest absolute Gasteiger partial charge is 0.306 e. The number of unbranched alkanes of at least 4 members (excludes halogenated alkanes) is 18. The maximum absolute atomic E-state index is 12.8. The van der Waals surface area contributed by atoms with Crippen molar-refractivity contribution >= 4 is 17.9 Å². The highest BCUT2D eigenvalue weighted by Gasteiger charge is 2.19. The van der Waals surface area contributed by atoms with Gasteiger partial charge >= 0.3 is 17.9 Å². The highest BCUT2D eigenvalue weighted by Crippen LogP contribution is 2.13. The van der Waals surface area contributed by atoms with E-state index in [0.717, 1.165) is 109 Å². The molecule has 0 aliphatic heterocycles. The Morgan fingerprint density at radius 3 is 0.985 bits per heavy atom. The van der Waals surface area contributed by atoms with Crippen molar-refractivity contribution in [1.29, 1.82) is 0 Å². The zero-order chi connectivity index (χ0) is 49.3. The Hall–Kier alpha value is -4.97. The van der Waals surface area contributed by atoms with Crippen LogP contribution in [-0.4, -0.2) is 37.2 Å². The first kappa shape index (κ1) is 63.0. The van der Waals surface area contributed by atoms with Gasteiger partial charge in [-0.15, -0.1) is 0 Å². The van der Waals surface area contributed by atoms with Gasteiger partial charge in [0.2, 0.25) is 0 Å². The SMILES string of the molecule is CC\C=C/C=C\C=C/C=C\C=C\C=C/CCCCCC(=O)OC(COC(=O)CCCCCCC\C=C/C=C\C=C/C=C\C=C/CCC)COC(=O)CCCCCCCC/C=C\C=C/CCCCC. The number of hydrogen-bond acceptors (Lipinski definition) is 6. The lowest BCUT2D eigenvalue weighted by Crippen LogP contribution is -2.30. The van der Waals surface area contributed by atoms with E-state index in [2.05, 4.69) is 81.5 Å². The van der Waals surface area contributed by atoms with Crippen molar-refractivity contribution in [2.45, 2.75) is 200 Å². The summed E-state index contributed by atoms with van der Waals surface area (Å²) in [5, 5.41) is 0. The summed E-state index contributed by atoms with van der Waals surface area (Å²) >= 11 is 0. The molecule has 0 fully saturated rings. The predicted molar refractivity (Wildman–Crippen MR) is 292 cm³/mol. The van der Waals surface area contributed by atoms with E-state index in [4.69, 9.17) is 14.2 Å². The van der Waals surface area contributed by atoms with Crippen LogP contribution in [0.5, 0.6) is 0 Å². The lowest BCUT2D eigenvalue weighted by Gasteiger charge is -2.18. The lowest BCUT2D eigenvalue weighted by molar-refractivity contribution is -0.167. The van der Waals surface area contributed by atoms with E-state index in [0.29, 0.717) is 19.3 Å². The molecule has 0 aliphatic carbocycles. The van der Waals surface area contributed by atoms with Crippen LogP contribution in [0.15, 0.2) is 158 Å². The van der Waals surface area contributed by atoms with Gasteiger partial charge in [0.1, 0.15) is 13.2 Å². The predicted octanol–water partition coefficient (Wildman–Crippen LogP) is 17.8. The third-order valence-corrected chi connectivity index (χ3v) is 10.5. The third kappa shape index (κ3) is 52.0. The summed E-state index contributed by atoms with van der Waals surface area (Å²) in [7, 11) is 0. The standard InChI is InChI=1S/C62H94O6/c1-4-7-10-13-16-19-22-25-28-30-32-34-37-40-43-46-49-52-55-61(64)67-58-59(57-66-60(63)54-51-48-45-42-39-36-33-27-24-21-18-15-12-9-6-3)68-62(65)56-53-50-47-44-41-38-35-31-29-26-23-20-17-14-11-8-5-2/h8,10-11,13-14,16-32,34-35,38,41,59H,4-7,9,12,15,33,36-37,39-40,42-58H2,1-3H3/b11-8-,13-10-,17-14-,19-16-,21-18-,23-20-,25-22-,27-24-,29-26-,30-28-,34-32-,35-31+,41-38-. The van der Waals surface area contributed by atoms with Crippen LogP contribution in [-0.2, 0) is 28.6 Å². The minimum absolute atomic E-state index is 0.119. The molecule has 0 amide bonds. The fraction of sp³-hybridized carbons (Fsp3) is 0.532. The Bertz CT molecular complexity index is 1590. The Morgan fingerprint density at radius 2 is 0.603 bits per heavy atom. The van der Waals surface area contributed by atoms with Crippen molar-refractivity contribution < 1.29 is 28.6 Å². The first-order valence-electron chi connectivity index (χ1n) is 26.7. The number of carbonyl (C=O) groups is 3. The summed E-state index contributed by atoms with van der Waals surface area (Å²) in [6.45, 7) is 6.28. The molecule has 68 heavy (non-hydrogen) atoms. The molecule has 1 unspecified atom stereocenters. The number of allylic oxidation sites excluding steroid dienone is 26. The molecule has 0 N–H and O–H groups in total. The molecule has 378 valence electrons. The molecule has 0 radical (unpaired) electrons. The van der Waals surface area contributed by atoms with E-state index in [1.165, 1.54) is 38.5 Å². The van der Waals surface area contributed by atoms with Crippen LogP contribution in [0.4, 0.5) is 0 Å². The lowest BCUT2D eigenvalue weighted by atomic mass is 10.1. The maximum Gasteiger partial charge on any atom is 0.306 e. The molecule has 0 saturated carbocycles. The van der Waals surface area contributed by atoms with Gasteiger partial charge in [0.15, 0.2) is 6.10 Å². The number of carbonyl (C=O) groups excluding carboxylic acids is 3. The van der Waals surface area contributed by atoms with E-state index in [9.17, 15) is 14.4 Å². The number of ether oxygens (including phenoxy) is 3. The van der Waals surface area contributed by atoms with E-state index < -0.39 is 6.10 Å². The van der Waals surface area contributed by atoms with Crippen LogP contribution in [0.3, 0.4) is 0 Å². The van der Waals surface area contributed by atoms with Crippen molar-refractivity contribution in [2.24, 2.45) is 0 Å². The minimum atomic E-state index is -0.826. The summed E-state index contributed by atoms with van der Waals surface area (Å²) in [6.07, 6.45) is 79.2. The summed E-state index contributed by atoms with van der Waals surface area (Å²) in [6, 6.07) is 0. The largest absolute Gasteiger partial charge is 0.462 e. The molecule has 0 heterocycles. The first-order chi connectivity index (χ1) is 33.5. The van der Waals surface area contributed by atoms with E-state index in [-0.39, 0.29) is 37.5 Å². The average molecular weight is 935 g/mol. The van der Waals surface area contributed by atoms with Gasteiger partial charge < -0.3 is 14.2 Å². The molecule has 0 aromatic rings. The molecule has 0 bridgehead atoms. The Morgan fingerprint density at radius 1 is 0.309 bits per heavy atom. The van der Waals surface area contributed by atoms with Gasteiger partial charge in [-0.25, -0.2) is 0 Å². The zero-order valence-electron chi connectivity index (χ0n) is 43.0. The monoisotopic (exact) mass is 935 g/mol. The maximum atomic E-state index is 12.8. The van der Waals surface area contributed by atoms with Gasteiger partial charge in [-0.3, -0.25) is 14.4 Å². The Balaban J connectivity index is 4.60. The van der Waals surface area contributed by atoms with Crippen molar-refractivity contribution in [3.63, 3.8) is 0 Å². The Labute approximate surface area is 416 Å². The molecule has 0 aromatic heterocycles. The van der Waals surface area contributed by atoms with Gasteiger partial charge in [-0.1, -0.05) is 249 Å². The van der Waals surface area contributed by atoms with Crippen molar-refractivity contribution in [1.82, 2.24) is 0 Å². The molecule has 0 aliphatic rings. The molecule has 6 nitrogen and oxygen atoms in total. The number of hydrogen-bond donors (Lipinski definition) is 0. The van der Waals surface area contributed by atoms with Crippen LogP contribution in [0.2, 0.25) is 0 Å². The fourth-order valence-corrected chi connectivity index (χ4v) is 6.55. The van der Waals surface area contributed by atoms with E-state index in [1.54, 1.807) is 0 Å². The third-order valence-electron chi connectivity index (χ3n) is 10.5. The van der Waals surface area contributed by atoms with Gasteiger partial charge in [-0.2, -0.15) is 0 Å². The van der Waals surface area contributed by atoms with Crippen LogP contribution in [0, 0.1) is 0 Å². The molecular weight excluding hydrogens is 841 g/mol. The summed E-state index contributed by atoms with van der Waals surface area (Å²) in [4.78, 5) is 38.1. The van der Waals surface area contributed by atoms with Gasteiger partial charge in [0.25, 0.3) is 0 Å². The molecule has 0 rings (SSSR count). The fourth-order valence-electron chi connectivity index (χ4n) is 6.55. The number of esters is 3. The molecule has 0 spiro atoms. The van der Waals surface area contributed by atoms with Crippen molar-refractivity contribution in [2.75, 3.05) is 13.2 Å². The second kappa shape index (κ2) is 54.6. The van der Waals surface area contributed by atoms with Crippen LogP contribution in [0.25, 0.3) is 0 Å². The molecule has 0 saturated heterocycles. The van der Waals surface area contributed by atoms with E-state index in [1.807, 2.05) is 97.2 Å². The second-order valence-corrected chi connectivity index (χ2v) is 17.0. The first-order valence-corrected chi connectivity index (χ1v) is 26.7. The van der Waals surface area contributed by atoms with E-state index >= 15 is 0 Å². The zero-order valence-corrected chi connectivity index (χ0v) is 43.0. The summed E-state index contributed by atoms with van der Waals surface area (Å²) in [5.74, 6) is -1.01. The van der Waals surface area contributed by atoms with Crippen LogP contribution in [0.1, 0.15) is 194 Å². The van der Waals surface area contributed by atoms with Crippen LogP contribution < -0.4 is 0 Å². The molecule has 0 aromatic carbocycles. The normalized spacial score (nSPS) is 13.4. The van der Waals surface area contributed by atoms with Gasteiger partial charge in [0.05, 0.1) is 0 Å². The van der Waals surface area contributed by atoms with Crippen LogP contribution >= 0.6 is 0 Å². The highest BCUT2D eigenvalue weighted by atomic mass is 16.6. The van der Waals surface area contributed by atoms with Gasteiger partial charge in [-0.05, 0) is 83.5 Å². The molecule has 1 atom stereocenters. The highest BCUT2D eigenvalue weighted by molar-refractivity contribution is 5.71. The topological polar surface area (TPSA) is 78.9 Å². The average Bonchev–Trinajstić information content (AvgIpc) is 3.34. The van der Waals surface area contributed by atoms with Crippen molar-refractivity contribution in [3.05, 3.63) is 158 Å². The second-order valence-electron chi connectivity index (χ2n) is 17.0.